The summed E-state index contributed by atoms with van der Waals surface area (Å²) in [6.07, 6.45) is 2.01. The number of nitrogens with one attached hydrogen (secondary N) is 1. The highest BCUT2D eigenvalue weighted by molar-refractivity contribution is 7.10. The summed E-state index contributed by atoms with van der Waals surface area (Å²) >= 11 is 1.54. The SMILES string of the molecule is CCOc1ccc(C(=O)NCC(O)(c2cccs2)C2CC2)cc1. The van der Waals surface area contributed by atoms with Crippen LogP contribution in [0.5, 0.6) is 5.75 Å². The molecule has 1 heterocycles. The summed E-state index contributed by atoms with van der Waals surface area (Å²) in [6.45, 7) is 2.76. The molecule has 0 spiro atoms. The summed E-state index contributed by atoms with van der Waals surface area (Å²) in [6, 6.07) is 10.9. The molecule has 1 aromatic carbocycles. The van der Waals surface area contributed by atoms with E-state index in [2.05, 4.69) is 5.32 Å². The lowest BCUT2D eigenvalue weighted by Gasteiger charge is -2.27. The number of aliphatic hydroxyl groups is 1. The Balaban J connectivity index is 1.65. The Morgan fingerprint density at radius 1 is 1.35 bits per heavy atom. The molecule has 1 aromatic heterocycles. The zero-order valence-corrected chi connectivity index (χ0v) is 13.9. The van der Waals surface area contributed by atoms with E-state index in [9.17, 15) is 9.90 Å². The number of ether oxygens (including phenoxy) is 1. The largest absolute Gasteiger partial charge is 0.494 e. The highest BCUT2D eigenvalue weighted by Gasteiger charge is 2.45. The molecule has 1 amide bonds. The first-order chi connectivity index (χ1) is 11.1. The topological polar surface area (TPSA) is 58.6 Å². The van der Waals surface area contributed by atoms with Gasteiger partial charge in [-0.15, -0.1) is 11.3 Å². The summed E-state index contributed by atoms with van der Waals surface area (Å²) in [5.41, 5.74) is -0.382. The van der Waals surface area contributed by atoms with Crippen LogP contribution < -0.4 is 10.1 Å². The van der Waals surface area contributed by atoms with Crippen LogP contribution in [0.25, 0.3) is 0 Å². The van der Waals surface area contributed by atoms with Gasteiger partial charge in [0, 0.05) is 10.4 Å². The number of carbonyl (C=O) groups excluding carboxylic acids is 1. The first kappa shape index (κ1) is 16.0. The third kappa shape index (κ3) is 3.57. The van der Waals surface area contributed by atoms with Gasteiger partial charge in [-0.25, -0.2) is 0 Å². The molecule has 2 N–H and O–H groups in total. The van der Waals surface area contributed by atoms with Crippen LogP contribution in [-0.4, -0.2) is 24.2 Å². The lowest BCUT2D eigenvalue weighted by atomic mass is 9.95. The molecule has 0 radical (unpaired) electrons. The third-order valence-corrected chi connectivity index (χ3v) is 5.18. The van der Waals surface area contributed by atoms with Gasteiger partial charge in [0.2, 0.25) is 0 Å². The van der Waals surface area contributed by atoms with E-state index in [-0.39, 0.29) is 18.4 Å². The van der Waals surface area contributed by atoms with Gasteiger partial charge in [0.25, 0.3) is 5.91 Å². The van der Waals surface area contributed by atoms with Gasteiger partial charge in [-0.1, -0.05) is 6.07 Å². The highest BCUT2D eigenvalue weighted by atomic mass is 32.1. The van der Waals surface area contributed by atoms with Crippen LogP contribution in [0.15, 0.2) is 41.8 Å². The van der Waals surface area contributed by atoms with Crippen molar-refractivity contribution in [3.8, 4) is 5.75 Å². The minimum atomic E-state index is -0.949. The van der Waals surface area contributed by atoms with Gasteiger partial charge in [-0.3, -0.25) is 4.79 Å². The van der Waals surface area contributed by atoms with Crippen molar-refractivity contribution in [3.63, 3.8) is 0 Å². The molecule has 2 aromatic rings. The molecule has 1 aliphatic rings. The third-order valence-electron chi connectivity index (χ3n) is 4.15. The van der Waals surface area contributed by atoms with Crippen LogP contribution in [0.1, 0.15) is 35.0 Å². The van der Waals surface area contributed by atoms with Gasteiger partial charge < -0.3 is 15.2 Å². The first-order valence-corrected chi connectivity index (χ1v) is 8.79. The first-order valence-electron chi connectivity index (χ1n) is 7.91. The van der Waals surface area contributed by atoms with Crippen molar-refractivity contribution < 1.29 is 14.6 Å². The monoisotopic (exact) mass is 331 g/mol. The van der Waals surface area contributed by atoms with Crippen molar-refractivity contribution in [2.45, 2.75) is 25.4 Å². The maximum absolute atomic E-state index is 12.3. The lowest BCUT2D eigenvalue weighted by molar-refractivity contribution is 0.0169. The molecule has 1 atom stereocenters. The minimum absolute atomic E-state index is 0.177. The summed E-state index contributed by atoms with van der Waals surface area (Å²) in [4.78, 5) is 13.2. The lowest BCUT2D eigenvalue weighted by Crippen LogP contribution is -2.42. The molecule has 23 heavy (non-hydrogen) atoms. The number of amides is 1. The maximum atomic E-state index is 12.3. The zero-order chi connectivity index (χ0) is 16.3. The molecule has 4 nitrogen and oxygen atoms in total. The predicted molar refractivity (Wildman–Crippen MR) is 90.9 cm³/mol. The molecule has 1 aliphatic carbocycles. The molecule has 122 valence electrons. The predicted octanol–water partition coefficient (Wildman–Crippen LogP) is 3.17. The van der Waals surface area contributed by atoms with E-state index in [0.717, 1.165) is 23.5 Å². The van der Waals surface area contributed by atoms with E-state index in [4.69, 9.17) is 4.74 Å². The van der Waals surface area contributed by atoms with Gasteiger partial charge in [-0.2, -0.15) is 0 Å². The Labute approximate surface area is 140 Å². The fourth-order valence-electron chi connectivity index (χ4n) is 2.70. The Morgan fingerprint density at radius 2 is 2.09 bits per heavy atom. The molecule has 5 heteroatoms. The van der Waals surface area contributed by atoms with E-state index in [0.29, 0.717) is 12.2 Å². The summed E-state index contributed by atoms with van der Waals surface area (Å²) in [5, 5.41) is 15.8. The van der Waals surface area contributed by atoms with E-state index in [1.165, 1.54) is 11.3 Å². The Kier molecular flexibility index (Phi) is 4.68. The molecule has 0 bridgehead atoms. The Bertz CT molecular complexity index is 649. The summed E-state index contributed by atoms with van der Waals surface area (Å²) < 4.78 is 5.37. The molecule has 0 aliphatic heterocycles. The van der Waals surface area contributed by atoms with Gasteiger partial charge in [0.05, 0.1) is 13.2 Å². The van der Waals surface area contributed by atoms with Gasteiger partial charge in [-0.05, 0) is 61.4 Å². The Morgan fingerprint density at radius 3 is 2.65 bits per heavy atom. The number of benzene rings is 1. The second kappa shape index (κ2) is 6.72. The van der Waals surface area contributed by atoms with Crippen LogP contribution in [0.2, 0.25) is 0 Å². The van der Waals surface area contributed by atoms with Crippen molar-refractivity contribution in [2.24, 2.45) is 5.92 Å². The maximum Gasteiger partial charge on any atom is 0.251 e. The summed E-state index contributed by atoms with van der Waals surface area (Å²) in [5.74, 6) is 0.808. The minimum Gasteiger partial charge on any atom is -0.494 e. The number of carbonyl (C=O) groups is 1. The molecule has 3 rings (SSSR count). The second-order valence-electron chi connectivity index (χ2n) is 5.82. The smallest absolute Gasteiger partial charge is 0.251 e. The van der Waals surface area contributed by atoms with Crippen LogP contribution >= 0.6 is 11.3 Å². The van der Waals surface area contributed by atoms with E-state index >= 15 is 0 Å². The quantitative estimate of drug-likeness (QED) is 0.819. The van der Waals surface area contributed by atoms with E-state index < -0.39 is 5.60 Å². The van der Waals surface area contributed by atoms with Crippen LogP contribution in [-0.2, 0) is 5.60 Å². The highest BCUT2D eigenvalue weighted by Crippen LogP contribution is 2.46. The van der Waals surface area contributed by atoms with Gasteiger partial charge >= 0.3 is 0 Å². The second-order valence-corrected chi connectivity index (χ2v) is 6.76. The zero-order valence-electron chi connectivity index (χ0n) is 13.1. The molecule has 1 unspecified atom stereocenters. The van der Waals surface area contributed by atoms with Crippen molar-refractivity contribution in [1.29, 1.82) is 0 Å². The Hall–Kier alpha value is -1.85. The molecule has 0 saturated heterocycles. The van der Waals surface area contributed by atoms with Crippen LogP contribution in [0.4, 0.5) is 0 Å². The van der Waals surface area contributed by atoms with Gasteiger partial charge in [0.15, 0.2) is 0 Å². The number of hydrogen-bond donors (Lipinski definition) is 2. The van der Waals surface area contributed by atoms with Crippen molar-refractivity contribution >= 4 is 17.2 Å². The number of thiophene rings is 1. The molecule has 1 saturated carbocycles. The molecule has 1 fully saturated rings. The molecular formula is C18H21NO3S. The molecular weight excluding hydrogens is 310 g/mol. The fraction of sp³-hybridized carbons (Fsp3) is 0.389. The van der Waals surface area contributed by atoms with Gasteiger partial charge in [0.1, 0.15) is 11.4 Å². The van der Waals surface area contributed by atoms with Crippen LogP contribution in [0.3, 0.4) is 0 Å². The van der Waals surface area contributed by atoms with Crippen molar-refractivity contribution in [3.05, 3.63) is 52.2 Å². The normalized spacial score (nSPS) is 16.6. The van der Waals surface area contributed by atoms with E-state index in [1.54, 1.807) is 24.3 Å². The average molecular weight is 331 g/mol. The van der Waals surface area contributed by atoms with Crippen molar-refractivity contribution in [2.75, 3.05) is 13.2 Å². The van der Waals surface area contributed by atoms with Crippen molar-refractivity contribution in [1.82, 2.24) is 5.32 Å². The fourth-order valence-corrected chi connectivity index (χ4v) is 3.61. The average Bonchev–Trinajstić information content (AvgIpc) is 3.28. The standard InChI is InChI=1S/C18H21NO3S/c1-2-22-15-9-5-13(6-10-15)17(20)19-12-18(21,14-7-8-14)16-4-3-11-23-16/h3-6,9-11,14,21H,2,7-8,12H2,1H3,(H,19,20). The van der Waals surface area contributed by atoms with Crippen LogP contribution in [0, 0.1) is 5.92 Å². The number of rotatable bonds is 7. The number of hydrogen-bond acceptors (Lipinski definition) is 4. The summed E-state index contributed by atoms with van der Waals surface area (Å²) in [7, 11) is 0. The van der Waals surface area contributed by atoms with E-state index in [1.807, 2.05) is 24.4 Å².